The van der Waals surface area contributed by atoms with Crippen molar-refractivity contribution in [3.8, 4) is 0 Å². The first kappa shape index (κ1) is 72.9. The van der Waals surface area contributed by atoms with Gasteiger partial charge in [0.05, 0.1) is 0 Å². The maximum atomic E-state index is 12.9. The molecule has 0 amide bonds. The fraction of sp³-hybridized carbons (Fsp3) is 0.899. The Labute approximate surface area is 468 Å². The van der Waals surface area contributed by atoms with Gasteiger partial charge in [-0.05, 0) is 51.4 Å². The molecule has 0 fully saturated rings. The van der Waals surface area contributed by atoms with Gasteiger partial charge in [-0.2, -0.15) is 0 Å². The topological polar surface area (TPSA) is 78.9 Å². The molecule has 0 aliphatic rings. The van der Waals surface area contributed by atoms with E-state index >= 15 is 0 Å². The maximum absolute atomic E-state index is 12.9. The summed E-state index contributed by atoms with van der Waals surface area (Å²) in [7, 11) is 0. The van der Waals surface area contributed by atoms with Crippen LogP contribution in [0.2, 0.25) is 0 Å². The molecule has 6 heteroatoms. The van der Waals surface area contributed by atoms with Crippen LogP contribution in [0, 0.1) is 0 Å². The minimum atomic E-state index is -0.775. The number of unbranched alkanes of at least 4 members (excludes halogenated alkanes) is 48. The Hall–Kier alpha value is -2.11. The Kier molecular flexibility index (Phi) is 62.6. The van der Waals surface area contributed by atoms with Crippen molar-refractivity contribution in [1.82, 2.24) is 0 Å². The molecule has 0 saturated heterocycles. The molecular formula is C69H130O6. The fourth-order valence-corrected chi connectivity index (χ4v) is 10.4. The monoisotopic (exact) mass is 1050 g/mol. The summed E-state index contributed by atoms with van der Waals surface area (Å²) in [6, 6.07) is 0. The molecule has 442 valence electrons. The second kappa shape index (κ2) is 64.4. The van der Waals surface area contributed by atoms with Gasteiger partial charge >= 0.3 is 17.9 Å². The number of allylic oxidation sites excluding steroid dienone is 4. The zero-order valence-corrected chi connectivity index (χ0v) is 50.8. The summed E-state index contributed by atoms with van der Waals surface area (Å²) >= 11 is 0. The van der Waals surface area contributed by atoms with Gasteiger partial charge in [0.15, 0.2) is 6.10 Å². The van der Waals surface area contributed by atoms with Gasteiger partial charge in [0.2, 0.25) is 0 Å². The number of carbonyl (C=O) groups excluding carboxylic acids is 3. The smallest absolute Gasteiger partial charge is 0.306 e. The fourth-order valence-electron chi connectivity index (χ4n) is 10.4. The van der Waals surface area contributed by atoms with E-state index in [9.17, 15) is 14.4 Å². The van der Waals surface area contributed by atoms with Crippen LogP contribution in [0.15, 0.2) is 24.3 Å². The van der Waals surface area contributed by atoms with Gasteiger partial charge in [-0.1, -0.05) is 334 Å². The summed E-state index contributed by atoms with van der Waals surface area (Å²) in [5.74, 6) is -0.857. The summed E-state index contributed by atoms with van der Waals surface area (Å²) in [5.41, 5.74) is 0. The van der Waals surface area contributed by atoms with E-state index in [0.29, 0.717) is 19.3 Å². The lowest BCUT2D eigenvalue weighted by Crippen LogP contribution is -2.30. The van der Waals surface area contributed by atoms with Gasteiger partial charge in [-0.15, -0.1) is 0 Å². The van der Waals surface area contributed by atoms with Crippen molar-refractivity contribution in [2.24, 2.45) is 0 Å². The standard InChI is InChI=1S/C69H130O6/c1-4-7-10-13-16-19-22-25-28-29-30-31-32-33-34-35-36-37-38-39-40-42-44-47-50-53-56-59-62-68(71)74-65-66(64-73-67(70)61-58-55-52-49-46-43-27-24-21-18-15-12-9-6-3)75-69(72)63-60-57-54-51-48-45-41-26-23-20-17-14-11-8-5-2/h17,20,26,41,66H,4-16,18-19,21-25,27-40,42-65H2,1-3H3/b20-17-,41-26-. The van der Waals surface area contributed by atoms with Crippen molar-refractivity contribution in [3.05, 3.63) is 24.3 Å². The van der Waals surface area contributed by atoms with Gasteiger partial charge in [0.1, 0.15) is 13.2 Å². The molecule has 0 heterocycles. The van der Waals surface area contributed by atoms with Crippen LogP contribution >= 0.6 is 0 Å². The molecule has 0 aliphatic heterocycles. The lowest BCUT2D eigenvalue weighted by Gasteiger charge is -2.18. The summed E-state index contributed by atoms with van der Waals surface area (Å²) in [6.07, 6.45) is 77.8. The highest BCUT2D eigenvalue weighted by molar-refractivity contribution is 5.71. The molecule has 0 N–H and O–H groups in total. The second-order valence-corrected chi connectivity index (χ2v) is 23.1. The molecule has 0 rings (SSSR count). The molecular weight excluding hydrogens is 925 g/mol. The predicted octanol–water partition coefficient (Wildman–Crippen LogP) is 23.0. The van der Waals surface area contributed by atoms with Crippen LogP contribution in [0.5, 0.6) is 0 Å². The molecule has 0 aromatic carbocycles. The highest BCUT2D eigenvalue weighted by Crippen LogP contribution is 2.19. The summed E-state index contributed by atoms with van der Waals surface area (Å²) in [5, 5.41) is 0. The van der Waals surface area contributed by atoms with Crippen LogP contribution in [-0.2, 0) is 28.6 Å². The van der Waals surface area contributed by atoms with Gasteiger partial charge in [-0.3, -0.25) is 14.4 Å². The van der Waals surface area contributed by atoms with E-state index in [1.54, 1.807) is 0 Å². The highest BCUT2D eigenvalue weighted by Gasteiger charge is 2.19. The maximum Gasteiger partial charge on any atom is 0.306 e. The first-order valence-electron chi connectivity index (χ1n) is 33.8. The summed E-state index contributed by atoms with van der Waals surface area (Å²) < 4.78 is 16.9. The van der Waals surface area contributed by atoms with E-state index in [-0.39, 0.29) is 31.1 Å². The van der Waals surface area contributed by atoms with Crippen molar-refractivity contribution in [3.63, 3.8) is 0 Å². The minimum absolute atomic E-state index is 0.0710. The Balaban J connectivity index is 4.16. The van der Waals surface area contributed by atoms with E-state index in [1.165, 1.54) is 263 Å². The summed E-state index contributed by atoms with van der Waals surface area (Å²) in [4.78, 5) is 38.3. The van der Waals surface area contributed by atoms with Crippen LogP contribution in [0.25, 0.3) is 0 Å². The molecule has 0 aromatic rings. The van der Waals surface area contributed by atoms with Crippen LogP contribution in [0.1, 0.15) is 380 Å². The zero-order chi connectivity index (χ0) is 54.3. The van der Waals surface area contributed by atoms with Crippen molar-refractivity contribution in [2.45, 2.75) is 386 Å². The third-order valence-electron chi connectivity index (χ3n) is 15.5. The minimum Gasteiger partial charge on any atom is -0.462 e. The third-order valence-corrected chi connectivity index (χ3v) is 15.5. The van der Waals surface area contributed by atoms with Gasteiger partial charge < -0.3 is 14.2 Å². The van der Waals surface area contributed by atoms with Crippen molar-refractivity contribution >= 4 is 17.9 Å². The Morgan fingerprint density at radius 1 is 0.267 bits per heavy atom. The molecule has 1 unspecified atom stereocenters. The largest absolute Gasteiger partial charge is 0.462 e. The number of esters is 3. The van der Waals surface area contributed by atoms with Gasteiger partial charge in [-0.25, -0.2) is 0 Å². The number of hydrogen-bond donors (Lipinski definition) is 0. The Bertz CT molecular complexity index is 1210. The Morgan fingerprint density at radius 3 is 0.760 bits per heavy atom. The molecule has 75 heavy (non-hydrogen) atoms. The van der Waals surface area contributed by atoms with Crippen LogP contribution in [0.4, 0.5) is 0 Å². The third kappa shape index (κ3) is 62.6. The molecule has 0 aliphatic carbocycles. The van der Waals surface area contributed by atoms with E-state index in [0.717, 1.165) is 77.0 Å². The zero-order valence-electron chi connectivity index (χ0n) is 50.8. The van der Waals surface area contributed by atoms with E-state index < -0.39 is 6.10 Å². The van der Waals surface area contributed by atoms with E-state index in [1.807, 2.05) is 0 Å². The number of carbonyl (C=O) groups is 3. The molecule has 1 atom stereocenters. The number of hydrogen-bond acceptors (Lipinski definition) is 6. The first-order valence-corrected chi connectivity index (χ1v) is 33.8. The van der Waals surface area contributed by atoms with Crippen molar-refractivity contribution < 1.29 is 28.6 Å². The van der Waals surface area contributed by atoms with Crippen LogP contribution < -0.4 is 0 Å². The van der Waals surface area contributed by atoms with Gasteiger partial charge in [0.25, 0.3) is 0 Å². The van der Waals surface area contributed by atoms with Crippen LogP contribution in [0.3, 0.4) is 0 Å². The van der Waals surface area contributed by atoms with E-state index in [2.05, 4.69) is 45.1 Å². The number of rotatable bonds is 63. The molecule has 0 bridgehead atoms. The quantitative estimate of drug-likeness (QED) is 0.0261. The molecule has 6 nitrogen and oxygen atoms in total. The number of ether oxygens (including phenoxy) is 3. The van der Waals surface area contributed by atoms with Crippen LogP contribution in [-0.4, -0.2) is 37.2 Å². The van der Waals surface area contributed by atoms with Crippen molar-refractivity contribution in [1.29, 1.82) is 0 Å². The van der Waals surface area contributed by atoms with E-state index in [4.69, 9.17) is 14.2 Å². The molecule has 0 spiro atoms. The van der Waals surface area contributed by atoms with Crippen molar-refractivity contribution in [2.75, 3.05) is 13.2 Å². The Morgan fingerprint density at radius 2 is 0.480 bits per heavy atom. The molecule has 0 aromatic heterocycles. The lowest BCUT2D eigenvalue weighted by atomic mass is 10.0. The molecule has 0 radical (unpaired) electrons. The lowest BCUT2D eigenvalue weighted by molar-refractivity contribution is -0.167. The van der Waals surface area contributed by atoms with Gasteiger partial charge in [0, 0.05) is 19.3 Å². The summed E-state index contributed by atoms with van der Waals surface area (Å²) in [6.45, 7) is 6.67. The predicted molar refractivity (Wildman–Crippen MR) is 326 cm³/mol. The SMILES string of the molecule is CCCCC/C=C\C/C=C\CCCCCCCC(=O)OC(COC(=O)CCCCCCCCCCCCCCCC)COC(=O)CCCCCCCCCCCCCCCCCCCCCCCCCCCCCC. The molecule has 0 saturated carbocycles. The first-order chi connectivity index (χ1) is 37.0. The highest BCUT2D eigenvalue weighted by atomic mass is 16.6. The average Bonchev–Trinajstić information content (AvgIpc) is 3.41. The second-order valence-electron chi connectivity index (χ2n) is 23.1. The average molecular weight is 1060 g/mol. The normalized spacial score (nSPS) is 12.1.